The molecule has 0 aliphatic carbocycles. The lowest BCUT2D eigenvalue weighted by Gasteiger charge is -2.15. The van der Waals surface area contributed by atoms with Gasteiger partial charge in [-0.05, 0) is 20.8 Å². The molecule has 5 nitrogen and oxygen atoms in total. The second-order valence-corrected chi connectivity index (χ2v) is 1.65. The van der Waals surface area contributed by atoms with Crippen molar-refractivity contribution in [3.63, 3.8) is 0 Å². The average molecular weight is 180 g/mol. The van der Waals surface area contributed by atoms with E-state index in [1.807, 2.05) is 20.8 Å². The Hall–Kier alpha value is -0.200. The standard InChI is InChI=1S/C7H16O3.H4N2/c1-4-8-7(9-5-2)10-6-3;1-2/h7H,4-6H2,1-3H3;1-2H2. The molecule has 0 aliphatic heterocycles. The molecule has 0 saturated heterocycles. The zero-order valence-corrected chi connectivity index (χ0v) is 8.08. The largest absolute Gasteiger partial charge is 0.330 e. The molecule has 0 aromatic rings. The van der Waals surface area contributed by atoms with Crippen LogP contribution in [-0.2, 0) is 14.2 Å². The van der Waals surface area contributed by atoms with E-state index in [9.17, 15) is 0 Å². The Morgan fingerprint density at radius 1 is 0.833 bits per heavy atom. The van der Waals surface area contributed by atoms with Crippen molar-refractivity contribution in [3.05, 3.63) is 0 Å². The summed E-state index contributed by atoms with van der Waals surface area (Å²) in [5, 5.41) is 0. The van der Waals surface area contributed by atoms with Crippen molar-refractivity contribution in [2.45, 2.75) is 27.2 Å². The van der Waals surface area contributed by atoms with Gasteiger partial charge in [0.15, 0.2) is 0 Å². The van der Waals surface area contributed by atoms with Crippen LogP contribution in [0, 0.1) is 0 Å². The van der Waals surface area contributed by atoms with Crippen LogP contribution >= 0.6 is 0 Å². The Labute approximate surface area is 73.9 Å². The van der Waals surface area contributed by atoms with E-state index in [1.165, 1.54) is 0 Å². The predicted molar refractivity (Wildman–Crippen MR) is 47.0 cm³/mol. The van der Waals surface area contributed by atoms with Crippen molar-refractivity contribution in [1.82, 2.24) is 0 Å². The third kappa shape index (κ3) is 9.80. The topological polar surface area (TPSA) is 79.7 Å². The summed E-state index contributed by atoms with van der Waals surface area (Å²) < 4.78 is 15.2. The summed E-state index contributed by atoms with van der Waals surface area (Å²) in [6, 6.07) is 0. The van der Waals surface area contributed by atoms with E-state index < -0.39 is 6.48 Å². The molecule has 0 amide bonds. The second kappa shape index (κ2) is 13.4. The molecular weight excluding hydrogens is 160 g/mol. The van der Waals surface area contributed by atoms with E-state index in [0.29, 0.717) is 19.8 Å². The number of ether oxygens (including phenoxy) is 3. The third-order valence-corrected chi connectivity index (χ3v) is 0.908. The van der Waals surface area contributed by atoms with Gasteiger partial charge in [-0.25, -0.2) is 0 Å². The van der Waals surface area contributed by atoms with Gasteiger partial charge in [0.05, 0.1) is 0 Å². The summed E-state index contributed by atoms with van der Waals surface area (Å²) in [5.74, 6) is 8.00. The summed E-state index contributed by atoms with van der Waals surface area (Å²) in [6.45, 7) is 7.10. The number of hydrogen-bond donors (Lipinski definition) is 2. The second-order valence-electron chi connectivity index (χ2n) is 1.65. The zero-order chi connectivity index (χ0) is 9.82. The number of rotatable bonds is 6. The number of hydrogen-bond acceptors (Lipinski definition) is 5. The Morgan fingerprint density at radius 3 is 1.25 bits per heavy atom. The molecule has 0 aromatic heterocycles. The summed E-state index contributed by atoms with van der Waals surface area (Å²) in [4.78, 5) is 0. The van der Waals surface area contributed by atoms with Crippen LogP contribution in [0.4, 0.5) is 0 Å². The molecule has 0 bridgehead atoms. The fourth-order valence-corrected chi connectivity index (χ4v) is 0.553. The zero-order valence-electron chi connectivity index (χ0n) is 8.08. The minimum atomic E-state index is -0.472. The summed E-state index contributed by atoms with van der Waals surface area (Å²) in [6.07, 6.45) is 0. The lowest BCUT2D eigenvalue weighted by Crippen LogP contribution is -2.20. The summed E-state index contributed by atoms with van der Waals surface area (Å²) in [5.41, 5.74) is 0. The molecule has 0 aliphatic rings. The fourth-order valence-electron chi connectivity index (χ4n) is 0.553. The Bertz CT molecular complexity index is 59.4. The van der Waals surface area contributed by atoms with Crippen LogP contribution in [0.15, 0.2) is 0 Å². The van der Waals surface area contributed by atoms with Crippen LogP contribution in [0.3, 0.4) is 0 Å². The highest BCUT2D eigenvalue weighted by molar-refractivity contribution is 4.23. The smallest absolute Gasteiger partial charge is 0.271 e. The molecule has 0 saturated carbocycles. The molecule has 5 heteroatoms. The molecule has 76 valence electrons. The van der Waals surface area contributed by atoms with E-state index in [2.05, 4.69) is 11.7 Å². The van der Waals surface area contributed by atoms with Crippen LogP contribution in [0.2, 0.25) is 0 Å². The van der Waals surface area contributed by atoms with Crippen molar-refractivity contribution < 1.29 is 14.2 Å². The van der Waals surface area contributed by atoms with Crippen LogP contribution in [-0.4, -0.2) is 26.3 Å². The minimum Gasteiger partial charge on any atom is -0.330 e. The molecule has 0 unspecified atom stereocenters. The van der Waals surface area contributed by atoms with Gasteiger partial charge in [0.2, 0.25) is 0 Å². The lowest BCUT2D eigenvalue weighted by atomic mass is 10.8. The predicted octanol–water partition coefficient (Wildman–Crippen LogP) is 0.198. The molecule has 0 atom stereocenters. The molecule has 0 spiro atoms. The van der Waals surface area contributed by atoms with Crippen LogP contribution in [0.25, 0.3) is 0 Å². The monoisotopic (exact) mass is 180 g/mol. The first-order valence-electron chi connectivity index (χ1n) is 4.03. The first-order chi connectivity index (χ1) is 5.85. The maximum absolute atomic E-state index is 5.08. The Kier molecular flexibility index (Phi) is 16.0. The Balaban J connectivity index is 0. The molecule has 0 fully saturated rings. The van der Waals surface area contributed by atoms with Crippen LogP contribution < -0.4 is 11.7 Å². The molecule has 12 heavy (non-hydrogen) atoms. The van der Waals surface area contributed by atoms with Gasteiger partial charge >= 0.3 is 0 Å². The lowest BCUT2D eigenvalue weighted by molar-refractivity contribution is -0.282. The van der Waals surface area contributed by atoms with Crippen molar-refractivity contribution in [2.24, 2.45) is 11.7 Å². The molecular formula is C7H20N2O3. The summed E-state index contributed by atoms with van der Waals surface area (Å²) >= 11 is 0. The van der Waals surface area contributed by atoms with Gasteiger partial charge in [0, 0.05) is 19.8 Å². The minimum absolute atomic E-state index is 0.472. The Morgan fingerprint density at radius 2 is 1.08 bits per heavy atom. The van der Waals surface area contributed by atoms with Gasteiger partial charge in [0.25, 0.3) is 6.48 Å². The normalized spacial score (nSPS) is 9.50. The quantitative estimate of drug-likeness (QED) is 0.347. The molecule has 0 radical (unpaired) electrons. The molecule has 0 aromatic carbocycles. The average Bonchev–Trinajstić information content (AvgIpc) is 2.10. The molecule has 0 heterocycles. The first-order valence-corrected chi connectivity index (χ1v) is 4.03. The third-order valence-electron chi connectivity index (χ3n) is 0.908. The van der Waals surface area contributed by atoms with E-state index in [1.54, 1.807) is 0 Å². The van der Waals surface area contributed by atoms with E-state index in [-0.39, 0.29) is 0 Å². The van der Waals surface area contributed by atoms with Gasteiger partial charge in [-0.3, -0.25) is 11.7 Å². The maximum Gasteiger partial charge on any atom is 0.271 e. The van der Waals surface area contributed by atoms with Gasteiger partial charge in [-0.2, -0.15) is 0 Å². The first kappa shape index (κ1) is 14.3. The molecule has 0 rings (SSSR count). The van der Waals surface area contributed by atoms with Crippen LogP contribution in [0.1, 0.15) is 20.8 Å². The highest BCUT2D eigenvalue weighted by Crippen LogP contribution is 1.95. The van der Waals surface area contributed by atoms with Crippen molar-refractivity contribution >= 4 is 0 Å². The van der Waals surface area contributed by atoms with Gasteiger partial charge in [-0.1, -0.05) is 0 Å². The highest BCUT2D eigenvalue weighted by Gasteiger charge is 2.04. The van der Waals surface area contributed by atoms with E-state index >= 15 is 0 Å². The van der Waals surface area contributed by atoms with Gasteiger partial charge in [-0.15, -0.1) is 0 Å². The number of hydrazine groups is 1. The van der Waals surface area contributed by atoms with E-state index in [0.717, 1.165) is 0 Å². The molecule has 4 N–H and O–H groups in total. The van der Waals surface area contributed by atoms with Crippen molar-refractivity contribution in [2.75, 3.05) is 19.8 Å². The SMILES string of the molecule is CCOC(OCC)OCC.NN. The van der Waals surface area contributed by atoms with Crippen molar-refractivity contribution in [3.8, 4) is 0 Å². The van der Waals surface area contributed by atoms with Crippen LogP contribution in [0.5, 0.6) is 0 Å². The van der Waals surface area contributed by atoms with E-state index in [4.69, 9.17) is 14.2 Å². The summed E-state index contributed by atoms with van der Waals surface area (Å²) in [7, 11) is 0. The maximum atomic E-state index is 5.08. The fraction of sp³-hybridized carbons (Fsp3) is 1.00. The van der Waals surface area contributed by atoms with Crippen molar-refractivity contribution in [1.29, 1.82) is 0 Å². The highest BCUT2D eigenvalue weighted by atomic mass is 16.8. The number of nitrogens with two attached hydrogens (primary N) is 2. The van der Waals surface area contributed by atoms with Gasteiger partial charge < -0.3 is 14.2 Å². The van der Waals surface area contributed by atoms with Gasteiger partial charge in [0.1, 0.15) is 0 Å².